The predicted molar refractivity (Wildman–Crippen MR) is 102 cm³/mol. The van der Waals surface area contributed by atoms with Crippen molar-refractivity contribution >= 4 is 16.5 Å². The number of methoxy groups -OCH3 is 2. The van der Waals surface area contributed by atoms with E-state index >= 15 is 0 Å². The molecule has 0 spiro atoms. The Kier molecular flexibility index (Phi) is 4.95. The van der Waals surface area contributed by atoms with Gasteiger partial charge in [0, 0.05) is 24.0 Å². The SMILES string of the molecule is COc1cc(C)c(-c2nnc(-c3csc(N4CCOCC4)n3)o2)cc1OC. The minimum absolute atomic E-state index is 0.398. The van der Waals surface area contributed by atoms with Crippen LogP contribution >= 0.6 is 11.3 Å². The average Bonchev–Trinajstić information content (AvgIpc) is 3.38. The van der Waals surface area contributed by atoms with Crippen LogP contribution in [0.3, 0.4) is 0 Å². The first-order valence-corrected chi connectivity index (χ1v) is 9.42. The number of ether oxygens (including phenoxy) is 3. The quantitative estimate of drug-likeness (QED) is 0.660. The second-order valence-electron chi connectivity index (χ2n) is 6.05. The third-order valence-electron chi connectivity index (χ3n) is 4.38. The summed E-state index contributed by atoms with van der Waals surface area (Å²) in [5.41, 5.74) is 2.43. The van der Waals surface area contributed by atoms with Crippen molar-refractivity contribution in [2.45, 2.75) is 6.92 Å². The van der Waals surface area contributed by atoms with Crippen molar-refractivity contribution in [3.05, 3.63) is 23.1 Å². The molecule has 0 unspecified atom stereocenters. The molecule has 2 aromatic heterocycles. The summed E-state index contributed by atoms with van der Waals surface area (Å²) in [6.45, 7) is 5.08. The van der Waals surface area contributed by atoms with Crippen LogP contribution in [0.15, 0.2) is 21.9 Å². The van der Waals surface area contributed by atoms with Gasteiger partial charge < -0.3 is 23.5 Å². The topological polar surface area (TPSA) is 82.7 Å². The number of morpholine rings is 1. The number of hydrogen-bond acceptors (Lipinski definition) is 9. The maximum Gasteiger partial charge on any atom is 0.267 e. The van der Waals surface area contributed by atoms with Crippen LogP contribution < -0.4 is 14.4 Å². The van der Waals surface area contributed by atoms with E-state index in [-0.39, 0.29) is 0 Å². The van der Waals surface area contributed by atoms with E-state index in [4.69, 9.17) is 18.6 Å². The Labute approximate surface area is 160 Å². The van der Waals surface area contributed by atoms with Crippen molar-refractivity contribution < 1.29 is 18.6 Å². The fraction of sp³-hybridized carbons (Fsp3) is 0.389. The lowest BCUT2D eigenvalue weighted by atomic mass is 10.1. The van der Waals surface area contributed by atoms with Crippen LogP contribution in [0.25, 0.3) is 23.0 Å². The molecule has 0 bridgehead atoms. The maximum atomic E-state index is 5.89. The molecule has 1 aliphatic rings. The summed E-state index contributed by atoms with van der Waals surface area (Å²) < 4.78 is 22.0. The Morgan fingerprint density at radius 2 is 1.74 bits per heavy atom. The van der Waals surface area contributed by atoms with E-state index in [1.165, 1.54) is 0 Å². The smallest absolute Gasteiger partial charge is 0.267 e. The number of hydrogen-bond donors (Lipinski definition) is 0. The van der Waals surface area contributed by atoms with Gasteiger partial charge in [-0.3, -0.25) is 0 Å². The van der Waals surface area contributed by atoms with E-state index in [0.717, 1.165) is 42.6 Å². The van der Waals surface area contributed by atoms with Crippen LogP contribution in [-0.2, 0) is 4.74 Å². The van der Waals surface area contributed by atoms with Crippen molar-refractivity contribution in [2.24, 2.45) is 0 Å². The fourth-order valence-electron chi connectivity index (χ4n) is 2.91. The highest BCUT2D eigenvalue weighted by molar-refractivity contribution is 7.14. The molecule has 1 fully saturated rings. The summed E-state index contributed by atoms with van der Waals surface area (Å²) in [6, 6.07) is 3.73. The van der Waals surface area contributed by atoms with Crippen molar-refractivity contribution in [3.8, 4) is 34.5 Å². The number of thiazole rings is 1. The van der Waals surface area contributed by atoms with Crippen molar-refractivity contribution in [1.82, 2.24) is 15.2 Å². The highest BCUT2D eigenvalue weighted by Gasteiger charge is 2.20. The zero-order chi connectivity index (χ0) is 18.8. The second-order valence-corrected chi connectivity index (χ2v) is 6.89. The molecular weight excluding hydrogens is 368 g/mol. The lowest BCUT2D eigenvalue weighted by molar-refractivity contribution is 0.122. The van der Waals surface area contributed by atoms with Crippen LogP contribution in [0.5, 0.6) is 11.5 Å². The van der Waals surface area contributed by atoms with Crippen LogP contribution in [0.2, 0.25) is 0 Å². The Balaban J connectivity index is 1.61. The molecule has 0 saturated carbocycles. The van der Waals surface area contributed by atoms with Gasteiger partial charge in [-0.25, -0.2) is 4.98 Å². The normalized spacial score (nSPS) is 14.4. The van der Waals surface area contributed by atoms with E-state index in [2.05, 4.69) is 20.1 Å². The second kappa shape index (κ2) is 7.53. The zero-order valence-electron chi connectivity index (χ0n) is 15.4. The molecule has 1 saturated heterocycles. The zero-order valence-corrected chi connectivity index (χ0v) is 16.2. The van der Waals surface area contributed by atoms with Gasteiger partial charge >= 0.3 is 0 Å². The molecule has 8 nitrogen and oxygen atoms in total. The largest absolute Gasteiger partial charge is 0.493 e. The Morgan fingerprint density at radius 1 is 1.04 bits per heavy atom. The number of anilines is 1. The molecule has 0 atom stereocenters. The molecule has 27 heavy (non-hydrogen) atoms. The lowest BCUT2D eigenvalue weighted by Crippen LogP contribution is -2.36. The van der Waals surface area contributed by atoms with E-state index in [9.17, 15) is 0 Å². The molecule has 3 heterocycles. The van der Waals surface area contributed by atoms with Crippen LogP contribution in [0.1, 0.15) is 5.56 Å². The van der Waals surface area contributed by atoms with Gasteiger partial charge in [0.25, 0.3) is 5.89 Å². The van der Waals surface area contributed by atoms with E-state index in [1.807, 2.05) is 24.4 Å². The Bertz CT molecular complexity index is 933. The summed E-state index contributed by atoms with van der Waals surface area (Å²) in [6.07, 6.45) is 0. The highest BCUT2D eigenvalue weighted by Crippen LogP contribution is 2.36. The van der Waals surface area contributed by atoms with Crippen molar-refractivity contribution in [2.75, 3.05) is 45.4 Å². The van der Waals surface area contributed by atoms with Crippen LogP contribution in [-0.4, -0.2) is 55.7 Å². The minimum atomic E-state index is 0.398. The predicted octanol–water partition coefficient (Wildman–Crippen LogP) is 3.02. The maximum absolute atomic E-state index is 5.89. The number of aromatic nitrogens is 3. The van der Waals surface area contributed by atoms with Gasteiger partial charge in [0.15, 0.2) is 16.6 Å². The number of benzene rings is 1. The van der Waals surface area contributed by atoms with Gasteiger partial charge in [0.05, 0.1) is 27.4 Å². The van der Waals surface area contributed by atoms with Gasteiger partial charge in [-0.15, -0.1) is 21.5 Å². The van der Waals surface area contributed by atoms with Gasteiger partial charge in [-0.05, 0) is 24.6 Å². The van der Waals surface area contributed by atoms with Gasteiger partial charge in [0.2, 0.25) is 5.89 Å². The third-order valence-corrected chi connectivity index (χ3v) is 5.28. The monoisotopic (exact) mass is 388 g/mol. The lowest BCUT2D eigenvalue weighted by Gasteiger charge is -2.25. The molecule has 0 aliphatic carbocycles. The van der Waals surface area contributed by atoms with Crippen LogP contribution in [0.4, 0.5) is 5.13 Å². The van der Waals surface area contributed by atoms with E-state index < -0.39 is 0 Å². The molecule has 0 N–H and O–H groups in total. The summed E-state index contributed by atoms with van der Waals surface area (Å²) in [5.74, 6) is 2.09. The van der Waals surface area contributed by atoms with Crippen molar-refractivity contribution in [3.63, 3.8) is 0 Å². The molecule has 0 amide bonds. The molecule has 3 aromatic rings. The first-order valence-electron chi connectivity index (χ1n) is 8.54. The fourth-order valence-corrected chi connectivity index (χ4v) is 3.76. The van der Waals surface area contributed by atoms with E-state index in [0.29, 0.717) is 29.0 Å². The molecular formula is C18H20N4O4S. The van der Waals surface area contributed by atoms with E-state index in [1.54, 1.807) is 25.6 Å². The van der Waals surface area contributed by atoms with Gasteiger partial charge in [0.1, 0.15) is 5.69 Å². The molecule has 1 aromatic carbocycles. The molecule has 142 valence electrons. The number of nitrogens with zero attached hydrogens (tertiary/aromatic N) is 4. The first-order chi connectivity index (χ1) is 13.2. The summed E-state index contributed by atoms with van der Waals surface area (Å²) >= 11 is 1.57. The summed E-state index contributed by atoms with van der Waals surface area (Å²) in [7, 11) is 3.20. The standard InChI is InChI=1S/C18H20N4O4S/c1-11-8-14(23-2)15(24-3)9-12(11)16-20-21-17(26-16)13-10-27-18(19-13)22-4-6-25-7-5-22/h8-10H,4-7H2,1-3H3. The highest BCUT2D eigenvalue weighted by atomic mass is 32.1. The number of rotatable bonds is 5. The summed E-state index contributed by atoms with van der Waals surface area (Å²) in [5, 5.41) is 11.2. The molecule has 4 rings (SSSR count). The van der Waals surface area contributed by atoms with Crippen molar-refractivity contribution in [1.29, 1.82) is 0 Å². The average molecular weight is 388 g/mol. The van der Waals surface area contributed by atoms with Crippen LogP contribution in [0, 0.1) is 6.92 Å². The Hall–Kier alpha value is -2.65. The first kappa shape index (κ1) is 17.7. The molecule has 9 heteroatoms. The number of aryl methyl sites for hydroxylation is 1. The minimum Gasteiger partial charge on any atom is -0.493 e. The molecule has 1 aliphatic heterocycles. The van der Waals surface area contributed by atoms with Gasteiger partial charge in [-0.1, -0.05) is 0 Å². The van der Waals surface area contributed by atoms with Gasteiger partial charge in [-0.2, -0.15) is 0 Å². The third kappa shape index (κ3) is 3.47. The summed E-state index contributed by atoms with van der Waals surface area (Å²) in [4.78, 5) is 6.84. The Morgan fingerprint density at radius 3 is 2.48 bits per heavy atom. The molecule has 0 radical (unpaired) electrons.